The maximum Gasteiger partial charge on any atom is 0.128 e. The molecule has 21 heavy (non-hydrogen) atoms. The van der Waals surface area contributed by atoms with Crippen molar-refractivity contribution >= 4 is 15.9 Å². The predicted molar refractivity (Wildman–Crippen MR) is 90.9 cm³/mol. The van der Waals surface area contributed by atoms with Gasteiger partial charge in [-0.25, -0.2) is 4.39 Å². The quantitative estimate of drug-likeness (QED) is 0.717. The molecule has 2 rings (SSSR count). The molecular formula is C18H27BrFN. The molecule has 1 nitrogen and oxygen atoms in total. The molecule has 1 saturated carbocycles. The number of nitrogens with one attached hydrogen (secondary N) is 1. The van der Waals surface area contributed by atoms with E-state index in [1.54, 1.807) is 6.07 Å². The first-order valence-electron chi connectivity index (χ1n) is 7.79. The second-order valence-electron chi connectivity index (χ2n) is 8.16. The van der Waals surface area contributed by atoms with Crippen molar-refractivity contribution in [1.29, 1.82) is 0 Å². The highest BCUT2D eigenvalue weighted by molar-refractivity contribution is 9.10. The number of halogens is 2. The van der Waals surface area contributed by atoms with Crippen LogP contribution >= 0.6 is 15.9 Å². The molecule has 1 N–H and O–H groups in total. The van der Waals surface area contributed by atoms with Gasteiger partial charge in [0.1, 0.15) is 5.82 Å². The fraction of sp³-hybridized carbons (Fsp3) is 0.667. The summed E-state index contributed by atoms with van der Waals surface area (Å²) < 4.78 is 14.9. The van der Waals surface area contributed by atoms with Gasteiger partial charge in [0.05, 0.1) is 0 Å². The Labute approximate surface area is 136 Å². The molecule has 1 unspecified atom stereocenters. The van der Waals surface area contributed by atoms with Crippen molar-refractivity contribution in [2.75, 3.05) is 0 Å². The second-order valence-corrected chi connectivity index (χ2v) is 9.08. The molecule has 0 spiro atoms. The highest BCUT2D eigenvalue weighted by Crippen LogP contribution is 2.46. The van der Waals surface area contributed by atoms with Gasteiger partial charge in [-0.3, -0.25) is 0 Å². The lowest BCUT2D eigenvalue weighted by molar-refractivity contribution is 0.0809. The molecule has 0 saturated heterocycles. The highest BCUT2D eigenvalue weighted by atomic mass is 79.9. The molecule has 1 aromatic carbocycles. The van der Waals surface area contributed by atoms with Crippen LogP contribution in [0.15, 0.2) is 22.7 Å². The van der Waals surface area contributed by atoms with E-state index in [4.69, 9.17) is 0 Å². The Hall–Kier alpha value is -0.410. The summed E-state index contributed by atoms with van der Waals surface area (Å²) in [6.45, 7) is 11.4. The lowest BCUT2D eigenvalue weighted by Crippen LogP contribution is -2.44. The molecular weight excluding hydrogens is 329 g/mol. The molecule has 3 heteroatoms. The maximum absolute atomic E-state index is 14.0. The van der Waals surface area contributed by atoms with E-state index in [0.717, 1.165) is 22.9 Å². The van der Waals surface area contributed by atoms with Gasteiger partial charge in [-0.1, -0.05) is 43.6 Å². The second kappa shape index (κ2) is 6.00. The third kappa shape index (κ3) is 4.53. The lowest BCUT2D eigenvalue weighted by atomic mass is 9.63. The third-order valence-corrected chi connectivity index (χ3v) is 4.96. The Morgan fingerprint density at radius 2 is 1.76 bits per heavy atom. The standard InChI is InChI=1S/C18H27BrFN/c1-12(15-8-13(19)6-7-16(15)20)21-14-9-17(2,3)11-18(4,5)10-14/h6-8,12,14,21H,9-11H2,1-5H3. The van der Waals surface area contributed by atoms with E-state index in [-0.39, 0.29) is 11.9 Å². The first kappa shape index (κ1) is 17.0. The molecule has 0 aromatic heterocycles. The zero-order chi connectivity index (χ0) is 15.8. The van der Waals surface area contributed by atoms with E-state index in [1.807, 2.05) is 6.07 Å². The molecule has 118 valence electrons. The van der Waals surface area contributed by atoms with Crippen LogP contribution in [0.25, 0.3) is 0 Å². The van der Waals surface area contributed by atoms with E-state index in [2.05, 4.69) is 55.9 Å². The van der Waals surface area contributed by atoms with Gasteiger partial charge in [-0.05, 0) is 55.2 Å². The van der Waals surface area contributed by atoms with Crippen molar-refractivity contribution < 1.29 is 4.39 Å². The SMILES string of the molecule is CC(NC1CC(C)(C)CC(C)(C)C1)c1cc(Br)ccc1F. The van der Waals surface area contributed by atoms with E-state index in [0.29, 0.717) is 16.9 Å². The van der Waals surface area contributed by atoms with Crippen LogP contribution in [-0.4, -0.2) is 6.04 Å². The van der Waals surface area contributed by atoms with Gasteiger partial charge in [0.2, 0.25) is 0 Å². The minimum Gasteiger partial charge on any atom is -0.307 e. The molecule has 0 radical (unpaired) electrons. The van der Waals surface area contributed by atoms with Crippen LogP contribution in [0, 0.1) is 16.6 Å². The van der Waals surface area contributed by atoms with Gasteiger partial charge in [0, 0.05) is 22.1 Å². The van der Waals surface area contributed by atoms with Crippen LogP contribution < -0.4 is 5.32 Å². The van der Waals surface area contributed by atoms with E-state index in [9.17, 15) is 4.39 Å². The average molecular weight is 356 g/mol. The summed E-state index contributed by atoms with van der Waals surface area (Å²) in [6.07, 6.45) is 3.55. The molecule has 1 fully saturated rings. The zero-order valence-corrected chi connectivity index (χ0v) is 15.3. The average Bonchev–Trinajstić information content (AvgIpc) is 2.27. The third-order valence-electron chi connectivity index (χ3n) is 4.47. The smallest absolute Gasteiger partial charge is 0.128 e. The van der Waals surface area contributed by atoms with Gasteiger partial charge >= 0.3 is 0 Å². The molecule has 1 atom stereocenters. The molecule has 0 aliphatic heterocycles. The van der Waals surface area contributed by atoms with Crippen molar-refractivity contribution in [3.63, 3.8) is 0 Å². The Balaban J connectivity index is 2.12. The highest BCUT2D eigenvalue weighted by Gasteiger charge is 2.38. The molecule has 1 aromatic rings. The summed E-state index contributed by atoms with van der Waals surface area (Å²) in [5.41, 5.74) is 1.43. The number of hydrogen-bond acceptors (Lipinski definition) is 1. The fourth-order valence-electron chi connectivity index (χ4n) is 4.25. The monoisotopic (exact) mass is 355 g/mol. The van der Waals surface area contributed by atoms with Crippen LogP contribution in [0.2, 0.25) is 0 Å². The first-order chi connectivity index (χ1) is 9.58. The summed E-state index contributed by atoms with van der Waals surface area (Å²) in [5.74, 6) is -0.132. The summed E-state index contributed by atoms with van der Waals surface area (Å²) in [6, 6.07) is 5.63. The lowest BCUT2D eigenvalue weighted by Gasteiger charge is -2.46. The van der Waals surface area contributed by atoms with Crippen LogP contribution in [0.4, 0.5) is 4.39 Å². The minimum atomic E-state index is -0.132. The normalized spacial score (nSPS) is 23.0. The van der Waals surface area contributed by atoms with Crippen LogP contribution in [0.5, 0.6) is 0 Å². The van der Waals surface area contributed by atoms with Crippen molar-refractivity contribution in [1.82, 2.24) is 5.32 Å². The van der Waals surface area contributed by atoms with Gasteiger partial charge in [0.15, 0.2) is 0 Å². The Kier molecular flexibility index (Phi) is 4.84. The molecule has 1 aliphatic rings. The Morgan fingerprint density at radius 3 is 2.33 bits per heavy atom. The zero-order valence-electron chi connectivity index (χ0n) is 13.8. The Morgan fingerprint density at radius 1 is 1.19 bits per heavy atom. The van der Waals surface area contributed by atoms with Crippen molar-refractivity contribution in [2.45, 2.75) is 66.0 Å². The van der Waals surface area contributed by atoms with Crippen molar-refractivity contribution in [2.24, 2.45) is 10.8 Å². The largest absolute Gasteiger partial charge is 0.307 e. The van der Waals surface area contributed by atoms with E-state index in [1.165, 1.54) is 12.5 Å². The number of hydrogen-bond donors (Lipinski definition) is 1. The number of rotatable bonds is 3. The minimum absolute atomic E-state index is 0.0252. The number of benzene rings is 1. The molecule has 0 heterocycles. The summed E-state index contributed by atoms with van der Waals surface area (Å²) in [4.78, 5) is 0. The molecule has 0 bridgehead atoms. The maximum atomic E-state index is 14.0. The fourth-order valence-corrected chi connectivity index (χ4v) is 4.63. The van der Waals surface area contributed by atoms with E-state index < -0.39 is 0 Å². The topological polar surface area (TPSA) is 12.0 Å². The molecule has 1 aliphatic carbocycles. The van der Waals surface area contributed by atoms with Gasteiger partial charge in [-0.2, -0.15) is 0 Å². The predicted octanol–water partition coefficient (Wildman–Crippen LogP) is 5.84. The van der Waals surface area contributed by atoms with Gasteiger partial charge < -0.3 is 5.32 Å². The van der Waals surface area contributed by atoms with Crippen molar-refractivity contribution in [3.8, 4) is 0 Å². The van der Waals surface area contributed by atoms with Gasteiger partial charge in [-0.15, -0.1) is 0 Å². The summed E-state index contributed by atoms with van der Waals surface area (Å²) >= 11 is 3.43. The van der Waals surface area contributed by atoms with E-state index >= 15 is 0 Å². The Bertz CT molecular complexity index is 494. The molecule has 0 amide bonds. The van der Waals surface area contributed by atoms with Crippen LogP contribution in [0.3, 0.4) is 0 Å². The van der Waals surface area contributed by atoms with Crippen LogP contribution in [-0.2, 0) is 0 Å². The van der Waals surface area contributed by atoms with Crippen molar-refractivity contribution in [3.05, 3.63) is 34.1 Å². The van der Waals surface area contributed by atoms with Crippen LogP contribution in [0.1, 0.15) is 65.5 Å². The van der Waals surface area contributed by atoms with Gasteiger partial charge in [0.25, 0.3) is 0 Å². The first-order valence-corrected chi connectivity index (χ1v) is 8.58. The summed E-state index contributed by atoms with van der Waals surface area (Å²) in [7, 11) is 0. The summed E-state index contributed by atoms with van der Waals surface area (Å²) in [5, 5.41) is 3.65.